The molecule has 104 valence electrons. The van der Waals surface area contributed by atoms with Crippen LogP contribution in [0.15, 0.2) is 34.9 Å². The molecule has 20 heavy (non-hydrogen) atoms. The first-order valence-electron chi connectivity index (χ1n) is 6.78. The van der Waals surface area contributed by atoms with Crippen molar-refractivity contribution in [2.45, 2.75) is 32.2 Å². The zero-order chi connectivity index (χ0) is 14.3. The quantitative estimate of drug-likeness (QED) is 0.719. The van der Waals surface area contributed by atoms with Crippen molar-refractivity contribution in [1.82, 2.24) is 10.2 Å². The number of amides is 3. The van der Waals surface area contributed by atoms with Crippen LogP contribution in [0.2, 0.25) is 0 Å². The van der Waals surface area contributed by atoms with Gasteiger partial charge in [0.2, 0.25) is 11.8 Å². The van der Waals surface area contributed by atoms with E-state index in [2.05, 4.69) is 5.32 Å². The van der Waals surface area contributed by atoms with Crippen LogP contribution in [0.4, 0.5) is 0 Å². The molecule has 2 saturated heterocycles. The van der Waals surface area contributed by atoms with Gasteiger partial charge in [-0.2, -0.15) is 0 Å². The lowest BCUT2D eigenvalue weighted by Crippen LogP contribution is -2.52. The summed E-state index contributed by atoms with van der Waals surface area (Å²) in [6.07, 6.45) is 7.35. The number of hydrogen-bond acceptors (Lipinski definition) is 3. The average molecular weight is 272 g/mol. The number of fused-ring (bicyclic) bond motifs is 1. The first-order valence-corrected chi connectivity index (χ1v) is 6.78. The van der Waals surface area contributed by atoms with E-state index in [4.69, 9.17) is 0 Å². The van der Waals surface area contributed by atoms with Crippen LogP contribution in [0.5, 0.6) is 0 Å². The second-order valence-electron chi connectivity index (χ2n) is 5.43. The summed E-state index contributed by atoms with van der Waals surface area (Å²) < 4.78 is 0. The highest BCUT2D eigenvalue weighted by Gasteiger charge is 2.40. The minimum Gasteiger partial charge on any atom is -0.322 e. The molecule has 1 aliphatic carbocycles. The van der Waals surface area contributed by atoms with Crippen LogP contribution < -0.4 is 5.32 Å². The molecule has 2 fully saturated rings. The predicted octanol–water partition coefficient (Wildman–Crippen LogP) is 0.837. The molecule has 1 atom stereocenters. The summed E-state index contributed by atoms with van der Waals surface area (Å²) >= 11 is 0. The Kier molecular flexibility index (Phi) is 3.04. The third-order valence-corrected chi connectivity index (χ3v) is 3.96. The van der Waals surface area contributed by atoms with E-state index in [9.17, 15) is 14.4 Å². The number of allylic oxidation sites excluding steroid dienone is 4. The van der Waals surface area contributed by atoms with E-state index in [-0.39, 0.29) is 24.1 Å². The van der Waals surface area contributed by atoms with E-state index in [0.29, 0.717) is 18.5 Å². The van der Waals surface area contributed by atoms with Gasteiger partial charge in [-0.15, -0.1) is 0 Å². The molecule has 0 aromatic heterocycles. The van der Waals surface area contributed by atoms with Gasteiger partial charge in [0.05, 0.1) is 0 Å². The second kappa shape index (κ2) is 4.74. The van der Waals surface area contributed by atoms with Crippen LogP contribution >= 0.6 is 0 Å². The molecule has 3 rings (SSSR count). The molecule has 0 aromatic rings. The van der Waals surface area contributed by atoms with E-state index in [0.717, 1.165) is 12.0 Å². The van der Waals surface area contributed by atoms with Crippen molar-refractivity contribution in [2.75, 3.05) is 6.54 Å². The zero-order valence-electron chi connectivity index (χ0n) is 11.3. The maximum absolute atomic E-state index is 12.5. The van der Waals surface area contributed by atoms with Crippen LogP contribution in [0.1, 0.15) is 26.2 Å². The first-order chi connectivity index (χ1) is 9.56. The summed E-state index contributed by atoms with van der Waals surface area (Å²) in [4.78, 5) is 37.1. The van der Waals surface area contributed by atoms with Crippen molar-refractivity contribution < 1.29 is 14.4 Å². The van der Waals surface area contributed by atoms with E-state index in [1.54, 1.807) is 4.90 Å². The monoisotopic (exact) mass is 272 g/mol. The minimum atomic E-state index is -0.529. The molecule has 2 aliphatic heterocycles. The fraction of sp³-hybridized carbons (Fsp3) is 0.400. The Balaban J connectivity index is 1.86. The molecule has 1 unspecified atom stereocenters. The van der Waals surface area contributed by atoms with Gasteiger partial charge in [0.15, 0.2) is 0 Å². The maximum Gasteiger partial charge on any atom is 0.254 e. The lowest BCUT2D eigenvalue weighted by molar-refractivity contribution is -0.142. The molecule has 0 bridgehead atoms. The van der Waals surface area contributed by atoms with Crippen LogP contribution in [0, 0.1) is 0 Å². The molecule has 0 spiro atoms. The summed E-state index contributed by atoms with van der Waals surface area (Å²) in [5.41, 5.74) is 2.86. The number of imide groups is 1. The molecule has 1 N–H and O–H groups in total. The van der Waals surface area contributed by atoms with E-state index in [1.165, 1.54) is 5.57 Å². The topological polar surface area (TPSA) is 66.5 Å². The molecule has 0 saturated carbocycles. The Labute approximate surface area is 117 Å². The summed E-state index contributed by atoms with van der Waals surface area (Å²) in [7, 11) is 0. The van der Waals surface area contributed by atoms with Crippen LogP contribution in [-0.4, -0.2) is 35.2 Å². The Morgan fingerprint density at radius 2 is 2.05 bits per heavy atom. The first kappa shape index (κ1) is 12.8. The Morgan fingerprint density at radius 1 is 1.25 bits per heavy atom. The number of rotatable bonds is 1. The van der Waals surface area contributed by atoms with Crippen LogP contribution in [0.25, 0.3) is 0 Å². The lowest BCUT2D eigenvalue weighted by Gasteiger charge is -2.29. The van der Waals surface area contributed by atoms with Gasteiger partial charge in [0.1, 0.15) is 6.04 Å². The smallest absolute Gasteiger partial charge is 0.254 e. The number of likely N-dealkylation sites (tertiary alicyclic amines) is 1. The van der Waals surface area contributed by atoms with Crippen molar-refractivity contribution >= 4 is 17.7 Å². The summed E-state index contributed by atoms with van der Waals surface area (Å²) in [6, 6.07) is -0.529. The number of carbonyl (C=O) groups is 3. The molecule has 0 radical (unpaired) electrons. The van der Waals surface area contributed by atoms with E-state index < -0.39 is 6.04 Å². The van der Waals surface area contributed by atoms with Gasteiger partial charge in [0.25, 0.3) is 5.91 Å². The summed E-state index contributed by atoms with van der Waals surface area (Å²) in [6.45, 7) is 2.47. The molecule has 5 heteroatoms. The highest BCUT2D eigenvalue weighted by atomic mass is 16.2. The number of hydrogen-bond donors (Lipinski definition) is 1. The van der Waals surface area contributed by atoms with E-state index >= 15 is 0 Å². The van der Waals surface area contributed by atoms with E-state index in [1.807, 2.05) is 25.2 Å². The SMILES string of the molecule is CC1=CC=C2CN(C3CCC(=O)NC3=O)C(=O)C2=CC1. The fourth-order valence-electron chi connectivity index (χ4n) is 2.80. The standard InChI is InChI=1S/C15H16N2O3/c1-9-2-4-10-8-17(15(20)11(10)5-3-9)12-6-7-13(18)16-14(12)19/h2,4-5,12H,3,6-8H2,1H3,(H,16,18,19). The van der Waals surface area contributed by atoms with Crippen molar-refractivity contribution in [1.29, 1.82) is 0 Å². The van der Waals surface area contributed by atoms with Crippen molar-refractivity contribution in [2.24, 2.45) is 0 Å². The molecule has 5 nitrogen and oxygen atoms in total. The lowest BCUT2D eigenvalue weighted by atomic mass is 10.0. The van der Waals surface area contributed by atoms with Gasteiger partial charge in [-0.05, 0) is 25.3 Å². The third-order valence-electron chi connectivity index (χ3n) is 3.96. The maximum atomic E-state index is 12.5. The van der Waals surface area contributed by atoms with Crippen molar-refractivity contribution in [3.05, 3.63) is 34.9 Å². The van der Waals surface area contributed by atoms with Crippen molar-refractivity contribution in [3.8, 4) is 0 Å². The van der Waals surface area contributed by atoms with Crippen molar-refractivity contribution in [3.63, 3.8) is 0 Å². The molecule has 3 amide bonds. The summed E-state index contributed by atoms with van der Waals surface area (Å²) in [5.74, 6) is -0.725. The van der Waals surface area contributed by atoms with Crippen LogP contribution in [0.3, 0.4) is 0 Å². The van der Waals surface area contributed by atoms with Gasteiger partial charge in [-0.1, -0.05) is 23.8 Å². The Bertz CT molecular complexity index is 598. The van der Waals surface area contributed by atoms with Gasteiger partial charge in [-0.3, -0.25) is 19.7 Å². The molecule has 0 aromatic carbocycles. The number of nitrogens with zero attached hydrogens (tertiary/aromatic N) is 1. The second-order valence-corrected chi connectivity index (χ2v) is 5.43. The number of nitrogens with one attached hydrogen (secondary N) is 1. The fourth-order valence-corrected chi connectivity index (χ4v) is 2.80. The summed E-state index contributed by atoms with van der Waals surface area (Å²) in [5, 5.41) is 2.30. The van der Waals surface area contributed by atoms with Gasteiger partial charge in [-0.25, -0.2) is 0 Å². The number of carbonyl (C=O) groups excluding carboxylic acids is 3. The Hall–Kier alpha value is -2.17. The highest BCUT2D eigenvalue weighted by Crippen LogP contribution is 2.30. The molecule has 3 aliphatic rings. The average Bonchev–Trinajstić information content (AvgIpc) is 2.58. The largest absolute Gasteiger partial charge is 0.322 e. The zero-order valence-corrected chi connectivity index (χ0v) is 11.3. The van der Waals surface area contributed by atoms with Gasteiger partial charge in [0, 0.05) is 18.5 Å². The molecular formula is C15H16N2O3. The van der Waals surface area contributed by atoms with Crippen LogP contribution in [-0.2, 0) is 14.4 Å². The number of piperidine rings is 1. The minimum absolute atomic E-state index is 0.103. The van der Waals surface area contributed by atoms with Gasteiger partial charge < -0.3 is 4.90 Å². The normalized spacial score (nSPS) is 26.4. The van der Waals surface area contributed by atoms with Gasteiger partial charge >= 0.3 is 0 Å². The third kappa shape index (κ3) is 2.09. The molecule has 2 heterocycles. The molecular weight excluding hydrogens is 256 g/mol. The highest BCUT2D eigenvalue weighted by molar-refractivity contribution is 6.07. The Morgan fingerprint density at radius 3 is 2.80 bits per heavy atom. The predicted molar refractivity (Wildman–Crippen MR) is 72.4 cm³/mol.